The van der Waals surface area contributed by atoms with Crippen molar-refractivity contribution < 1.29 is 14.6 Å². The highest BCUT2D eigenvalue weighted by Gasteiger charge is 2.69. The fourth-order valence-corrected chi connectivity index (χ4v) is 8.32. The van der Waals surface area contributed by atoms with Gasteiger partial charge < -0.3 is 24.4 Å². The van der Waals surface area contributed by atoms with Crippen molar-refractivity contribution in [1.29, 1.82) is 0 Å². The molecule has 5 heteroatoms. The molecule has 2 aliphatic carbocycles. The molecule has 0 radical (unpaired) electrons. The maximum Gasteiger partial charge on any atom is 0.119 e. The van der Waals surface area contributed by atoms with Crippen molar-refractivity contribution in [3.05, 3.63) is 59.7 Å². The molecule has 2 aliphatic rings. The van der Waals surface area contributed by atoms with Crippen LogP contribution in [0.2, 0.25) is 0 Å². The second-order valence-corrected chi connectivity index (χ2v) is 12.7. The summed E-state index contributed by atoms with van der Waals surface area (Å²) in [6.45, 7) is 1.77. The lowest BCUT2D eigenvalue weighted by molar-refractivity contribution is -0.190. The van der Waals surface area contributed by atoms with Gasteiger partial charge in [-0.3, -0.25) is 0 Å². The van der Waals surface area contributed by atoms with Crippen molar-refractivity contribution in [2.75, 3.05) is 55.5 Å². The third-order valence-corrected chi connectivity index (χ3v) is 9.49. The molecule has 0 saturated heterocycles. The molecule has 4 rings (SSSR count). The standard InChI is InChI=1S/C33H50N2O3/c1-34(2)24-32(25-35(3)4)19-18-31(22-26-12-10-16-29(20-26)37-5,23-27-13-11-17-30(21-27)38-6)33(32,36)28-14-8-7-9-15-28/h10-13,16-17,20-21,28,36H,7-9,14-15,18-19,22-25H2,1-6H3. The molecule has 1 atom stereocenters. The summed E-state index contributed by atoms with van der Waals surface area (Å²) in [5, 5.41) is 13.7. The Morgan fingerprint density at radius 2 is 1.21 bits per heavy atom. The van der Waals surface area contributed by atoms with Crippen LogP contribution < -0.4 is 9.47 Å². The molecular weight excluding hydrogens is 472 g/mol. The number of hydrogen-bond acceptors (Lipinski definition) is 5. The largest absolute Gasteiger partial charge is 0.497 e. The summed E-state index contributed by atoms with van der Waals surface area (Å²) in [5.74, 6) is 2.05. The third-order valence-electron chi connectivity index (χ3n) is 9.49. The molecule has 1 unspecified atom stereocenters. The van der Waals surface area contributed by atoms with Gasteiger partial charge in [0.25, 0.3) is 0 Å². The van der Waals surface area contributed by atoms with E-state index in [9.17, 15) is 5.11 Å². The summed E-state index contributed by atoms with van der Waals surface area (Å²) >= 11 is 0. The highest BCUT2D eigenvalue weighted by molar-refractivity contribution is 5.35. The molecule has 0 heterocycles. The van der Waals surface area contributed by atoms with Crippen LogP contribution in [-0.2, 0) is 12.8 Å². The van der Waals surface area contributed by atoms with Gasteiger partial charge >= 0.3 is 0 Å². The van der Waals surface area contributed by atoms with E-state index < -0.39 is 5.60 Å². The lowest BCUT2D eigenvalue weighted by Crippen LogP contribution is -2.65. The fourth-order valence-electron chi connectivity index (χ4n) is 8.32. The van der Waals surface area contributed by atoms with Gasteiger partial charge in [0.15, 0.2) is 0 Å². The van der Waals surface area contributed by atoms with Gasteiger partial charge in [-0.25, -0.2) is 0 Å². The van der Waals surface area contributed by atoms with E-state index in [2.05, 4.69) is 74.4 Å². The third kappa shape index (κ3) is 5.61. The first-order valence-corrected chi connectivity index (χ1v) is 14.4. The topological polar surface area (TPSA) is 45.2 Å². The molecule has 0 aromatic heterocycles. The van der Waals surface area contributed by atoms with Crippen molar-refractivity contribution in [2.45, 2.75) is 63.4 Å². The van der Waals surface area contributed by atoms with E-state index in [0.717, 1.165) is 63.1 Å². The van der Waals surface area contributed by atoms with Gasteiger partial charge in [-0.15, -0.1) is 0 Å². The summed E-state index contributed by atoms with van der Waals surface area (Å²) in [4.78, 5) is 4.62. The Morgan fingerprint density at radius 1 is 0.737 bits per heavy atom. The van der Waals surface area contributed by atoms with Crippen LogP contribution in [-0.4, -0.2) is 76.0 Å². The lowest BCUT2D eigenvalue weighted by Gasteiger charge is -2.57. The van der Waals surface area contributed by atoms with Crippen molar-refractivity contribution in [1.82, 2.24) is 9.80 Å². The van der Waals surface area contributed by atoms with Gasteiger partial charge in [-0.1, -0.05) is 43.5 Å². The maximum atomic E-state index is 13.7. The molecule has 0 amide bonds. The van der Waals surface area contributed by atoms with E-state index in [1.54, 1.807) is 14.2 Å². The molecule has 0 spiro atoms. The molecular formula is C33H50N2O3. The molecule has 38 heavy (non-hydrogen) atoms. The zero-order valence-electron chi connectivity index (χ0n) is 24.6. The number of ether oxygens (including phenoxy) is 2. The summed E-state index contributed by atoms with van der Waals surface area (Å²) in [7, 11) is 12.1. The lowest BCUT2D eigenvalue weighted by atomic mass is 9.53. The zero-order chi connectivity index (χ0) is 27.4. The van der Waals surface area contributed by atoms with Crippen LogP contribution in [0.5, 0.6) is 11.5 Å². The Hall–Kier alpha value is -2.08. The minimum absolute atomic E-state index is 0.222. The quantitative estimate of drug-likeness (QED) is 0.411. The number of methoxy groups -OCH3 is 2. The van der Waals surface area contributed by atoms with Crippen LogP contribution in [0.15, 0.2) is 48.5 Å². The Labute approximate surface area is 231 Å². The van der Waals surface area contributed by atoms with Gasteiger partial charge in [-0.05, 0) is 108 Å². The number of rotatable bonds is 11. The van der Waals surface area contributed by atoms with E-state index in [4.69, 9.17) is 9.47 Å². The second-order valence-electron chi connectivity index (χ2n) is 12.7. The van der Waals surface area contributed by atoms with E-state index >= 15 is 0 Å². The number of nitrogens with zero attached hydrogens (tertiary/aromatic N) is 2. The fraction of sp³-hybridized carbons (Fsp3) is 0.636. The van der Waals surface area contributed by atoms with Crippen molar-refractivity contribution in [3.8, 4) is 11.5 Å². The normalized spacial score (nSPS) is 23.2. The summed E-state index contributed by atoms with van der Waals surface area (Å²) in [5.41, 5.74) is 1.14. The summed E-state index contributed by atoms with van der Waals surface area (Å²) < 4.78 is 11.2. The molecule has 1 N–H and O–H groups in total. The predicted molar refractivity (Wildman–Crippen MR) is 156 cm³/mol. The number of hydrogen-bond donors (Lipinski definition) is 1. The molecule has 5 nitrogen and oxygen atoms in total. The van der Waals surface area contributed by atoms with Crippen LogP contribution in [0.3, 0.4) is 0 Å². The molecule has 210 valence electrons. The van der Waals surface area contributed by atoms with Crippen LogP contribution in [0.25, 0.3) is 0 Å². The first kappa shape index (κ1) is 28.9. The van der Waals surface area contributed by atoms with Crippen LogP contribution in [0.1, 0.15) is 56.1 Å². The van der Waals surface area contributed by atoms with E-state index in [1.165, 1.54) is 30.4 Å². The first-order chi connectivity index (χ1) is 18.2. The van der Waals surface area contributed by atoms with Gasteiger partial charge in [0.2, 0.25) is 0 Å². The first-order valence-electron chi connectivity index (χ1n) is 14.4. The Morgan fingerprint density at radius 3 is 1.66 bits per heavy atom. The highest BCUT2D eigenvalue weighted by Crippen LogP contribution is 2.65. The summed E-state index contributed by atoms with van der Waals surface area (Å²) in [6.07, 6.45) is 9.59. The number of benzene rings is 2. The van der Waals surface area contributed by atoms with Crippen LogP contribution in [0, 0.1) is 16.7 Å². The highest BCUT2D eigenvalue weighted by atomic mass is 16.5. The predicted octanol–water partition coefficient (Wildman–Crippen LogP) is 5.69. The van der Waals surface area contributed by atoms with Crippen molar-refractivity contribution in [2.24, 2.45) is 16.7 Å². The average Bonchev–Trinajstić information content (AvgIpc) is 3.12. The Bertz CT molecular complexity index is 987. The van der Waals surface area contributed by atoms with E-state index in [0.29, 0.717) is 0 Å². The van der Waals surface area contributed by atoms with Gasteiger partial charge in [0.1, 0.15) is 11.5 Å². The monoisotopic (exact) mass is 522 g/mol. The van der Waals surface area contributed by atoms with Gasteiger partial charge in [0, 0.05) is 23.9 Å². The van der Waals surface area contributed by atoms with Crippen molar-refractivity contribution in [3.63, 3.8) is 0 Å². The van der Waals surface area contributed by atoms with E-state index in [1.807, 2.05) is 12.1 Å². The molecule has 2 aromatic rings. The Balaban J connectivity index is 1.91. The van der Waals surface area contributed by atoms with Gasteiger partial charge in [-0.2, -0.15) is 0 Å². The average molecular weight is 523 g/mol. The smallest absolute Gasteiger partial charge is 0.119 e. The molecule has 2 aromatic carbocycles. The molecule has 0 bridgehead atoms. The molecule has 0 aliphatic heterocycles. The second kappa shape index (κ2) is 12.0. The van der Waals surface area contributed by atoms with E-state index in [-0.39, 0.29) is 16.7 Å². The van der Waals surface area contributed by atoms with Gasteiger partial charge in [0.05, 0.1) is 19.8 Å². The van der Waals surface area contributed by atoms with Crippen LogP contribution in [0.4, 0.5) is 0 Å². The zero-order valence-corrected chi connectivity index (χ0v) is 24.6. The minimum atomic E-state index is -0.818. The van der Waals surface area contributed by atoms with Crippen molar-refractivity contribution >= 4 is 0 Å². The molecule has 2 fully saturated rings. The maximum absolute atomic E-state index is 13.7. The SMILES string of the molecule is COc1cccc(CC2(Cc3cccc(OC)c3)CCC(CN(C)C)(CN(C)C)C2(O)C2CCCCC2)c1. The Kier molecular flexibility index (Phi) is 9.11. The molecule has 2 saturated carbocycles. The minimum Gasteiger partial charge on any atom is -0.497 e. The summed E-state index contributed by atoms with van der Waals surface area (Å²) in [6, 6.07) is 17.0. The van der Waals surface area contributed by atoms with Crippen LogP contribution >= 0.6 is 0 Å². The number of aliphatic hydroxyl groups is 1.